The van der Waals surface area contributed by atoms with Crippen molar-refractivity contribution >= 4 is 17.7 Å². The van der Waals surface area contributed by atoms with E-state index in [0.29, 0.717) is 5.75 Å². The number of hydrogen-bond acceptors (Lipinski definition) is 3. The quantitative estimate of drug-likeness (QED) is 0.807. The van der Waals surface area contributed by atoms with Crippen LogP contribution in [-0.4, -0.2) is 26.4 Å². The maximum atomic E-state index is 10.6. The van der Waals surface area contributed by atoms with Crippen LogP contribution < -0.4 is 0 Å². The van der Waals surface area contributed by atoms with Crippen LogP contribution in [0.25, 0.3) is 0 Å². The number of thioether (sulfide) groups is 1. The van der Waals surface area contributed by atoms with E-state index < -0.39 is 5.97 Å². The molecule has 15 heavy (non-hydrogen) atoms. The van der Waals surface area contributed by atoms with Crippen molar-refractivity contribution < 1.29 is 9.90 Å². The molecule has 0 aliphatic carbocycles. The first-order chi connectivity index (χ1) is 7.15. The van der Waals surface area contributed by atoms with Crippen molar-refractivity contribution in [1.82, 2.24) is 9.55 Å². The summed E-state index contributed by atoms with van der Waals surface area (Å²) in [7, 11) is 0. The molecule has 5 heteroatoms. The summed E-state index contributed by atoms with van der Waals surface area (Å²) < 4.78 is 2.07. The van der Waals surface area contributed by atoms with Crippen LogP contribution in [0.3, 0.4) is 0 Å². The van der Waals surface area contributed by atoms with Gasteiger partial charge in [0.2, 0.25) is 0 Å². The first-order valence-corrected chi connectivity index (χ1v) is 6.11. The molecule has 1 aromatic heterocycles. The van der Waals surface area contributed by atoms with Crippen molar-refractivity contribution in [2.24, 2.45) is 5.92 Å². The Balaban J connectivity index is 2.34. The Labute approximate surface area is 93.7 Å². The van der Waals surface area contributed by atoms with Gasteiger partial charge in [0.25, 0.3) is 0 Å². The number of carboxylic acids is 1. The number of hydrogen-bond donors (Lipinski definition) is 1. The fourth-order valence-electron chi connectivity index (χ4n) is 1.17. The number of nitrogens with zero attached hydrogens (tertiary/aromatic N) is 2. The number of rotatable bonds is 6. The van der Waals surface area contributed by atoms with Crippen molar-refractivity contribution in [2.45, 2.75) is 26.1 Å². The minimum atomic E-state index is -0.735. The molecule has 0 spiro atoms. The molecule has 0 saturated heterocycles. The van der Waals surface area contributed by atoms with Gasteiger partial charge in [0, 0.05) is 24.7 Å². The van der Waals surface area contributed by atoms with Gasteiger partial charge in [-0.05, 0) is 6.92 Å². The van der Waals surface area contributed by atoms with E-state index in [1.807, 2.05) is 6.20 Å². The predicted octanol–water partition coefficient (Wildman–Crippen LogP) is 1.86. The van der Waals surface area contributed by atoms with Crippen LogP contribution in [0.4, 0.5) is 0 Å². The fraction of sp³-hybridized carbons (Fsp3) is 0.600. The van der Waals surface area contributed by atoms with Gasteiger partial charge in [-0.2, -0.15) is 11.8 Å². The lowest BCUT2D eigenvalue weighted by molar-refractivity contribution is -0.140. The zero-order valence-corrected chi connectivity index (χ0v) is 9.83. The van der Waals surface area contributed by atoms with Crippen molar-refractivity contribution in [3.63, 3.8) is 0 Å². The molecule has 4 nitrogen and oxygen atoms in total. The van der Waals surface area contributed by atoms with Gasteiger partial charge in [-0.15, -0.1) is 0 Å². The van der Waals surface area contributed by atoms with E-state index >= 15 is 0 Å². The van der Waals surface area contributed by atoms with Crippen LogP contribution in [0, 0.1) is 5.92 Å². The van der Waals surface area contributed by atoms with E-state index in [9.17, 15) is 4.79 Å². The summed E-state index contributed by atoms with van der Waals surface area (Å²) in [6.45, 7) is 4.70. The molecule has 1 unspecified atom stereocenters. The summed E-state index contributed by atoms with van der Waals surface area (Å²) in [5, 5.41) is 8.71. The summed E-state index contributed by atoms with van der Waals surface area (Å²) >= 11 is 1.61. The third-order valence-corrected chi connectivity index (χ3v) is 3.36. The molecule has 1 heterocycles. The smallest absolute Gasteiger partial charge is 0.307 e. The zero-order valence-electron chi connectivity index (χ0n) is 9.01. The van der Waals surface area contributed by atoms with Gasteiger partial charge < -0.3 is 9.67 Å². The second kappa shape index (κ2) is 5.80. The van der Waals surface area contributed by atoms with Gasteiger partial charge in [-0.25, -0.2) is 4.98 Å². The topological polar surface area (TPSA) is 55.1 Å². The normalized spacial score (nSPS) is 12.7. The van der Waals surface area contributed by atoms with Crippen LogP contribution in [0.15, 0.2) is 12.4 Å². The Morgan fingerprint density at radius 3 is 3.07 bits per heavy atom. The highest BCUT2D eigenvalue weighted by Gasteiger charge is 2.11. The largest absolute Gasteiger partial charge is 0.481 e. The molecule has 0 radical (unpaired) electrons. The third-order valence-electron chi connectivity index (χ3n) is 2.16. The minimum absolute atomic E-state index is 0.292. The van der Waals surface area contributed by atoms with Crippen LogP contribution in [0.5, 0.6) is 0 Å². The van der Waals surface area contributed by atoms with Gasteiger partial charge in [0.15, 0.2) is 0 Å². The third kappa shape index (κ3) is 3.58. The van der Waals surface area contributed by atoms with Gasteiger partial charge in [-0.3, -0.25) is 4.79 Å². The van der Waals surface area contributed by atoms with Crippen LogP contribution in [0.2, 0.25) is 0 Å². The van der Waals surface area contributed by atoms with Crippen LogP contribution in [0.1, 0.15) is 19.7 Å². The lowest BCUT2D eigenvalue weighted by Crippen LogP contribution is -2.12. The molecule has 0 aliphatic heterocycles. The highest BCUT2D eigenvalue weighted by atomic mass is 32.2. The maximum absolute atomic E-state index is 10.6. The fourth-order valence-corrected chi connectivity index (χ4v) is 2.20. The number of carbonyl (C=O) groups is 1. The van der Waals surface area contributed by atoms with E-state index in [1.165, 1.54) is 0 Å². The van der Waals surface area contributed by atoms with Gasteiger partial charge in [-0.1, -0.05) is 6.92 Å². The van der Waals surface area contributed by atoms with E-state index in [0.717, 1.165) is 18.1 Å². The van der Waals surface area contributed by atoms with Crippen molar-refractivity contribution in [3.8, 4) is 0 Å². The van der Waals surface area contributed by atoms with Gasteiger partial charge >= 0.3 is 5.97 Å². The molecule has 1 atom stereocenters. The minimum Gasteiger partial charge on any atom is -0.481 e. The summed E-state index contributed by atoms with van der Waals surface area (Å²) in [4.78, 5) is 14.8. The average Bonchev–Trinajstić information content (AvgIpc) is 2.65. The van der Waals surface area contributed by atoms with E-state index in [4.69, 9.17) is 5.11 Å². The first kappa shape index (κ1) is 12.1. The monoisotopic (exact) mass is 228 g/mol. The van der Waals surface area contributed by atoms with Crippen molar-refractivity contribution in [1.29, 1.82) is 0 Å². The van der Waals surface area contributed by atoms with Crippen LogP contribution >= 0.6 is 11.8 Å². The summed E-state index contributed by atoms with van der Waals surface area (Å²) in [5.74, 6) is 1.39. The van der Waals surface area contributed by atoms with Crippen molar-refractivity contribution in [2.75, 3.05) is 5.75 Å². The molecule has 1 aromatic rings. The number of carboxylic acid groups (broad SMARTS) is 1. The molecule has 0 bridgehead atoms. The van der Waals surface area contributed by atoms with Gasteiger partial charge in [0.1, 0.15) is 5.82 Å². The Morgan fingerprint density at radius 1 is 1.73 bits per heavy atom. The molecular formula is C10H16N2O2S. The second-order valence-corrected chi connectivity index (χ2v) is 4.41. The molecule has 84 valence electrons. The summed E-state index contributed by atoms with van der Waals surface area (Å²) in [6.07, 6.45) is 3.72. The molecule has 1 N–H and O–H groups in total. The summed E-state index contributed by atoms with van der Waals surface area (Å²) in [5.41, 5.74) is 0. The molecule has 0 saturated carbocycles. The molecule has 0 fully saturated rings. The molecule has 0 aliphatic rings. The lowest BCUT2D eigenvalue weighted by atomic mass is 10.2. The highest BCUT2D eigenvalue weighted by Crippen LogP contribution is 2.14. The molecular weight excluding hydrogens is 212 g/mol. The SMILES string of the molecule is CCn1ccnc1CSCC(C)C(=O)O. The molecule has 1 rings (SSSR count). The standard InChI is InChI=1S/C10H16N2O2S/c1-3-12-5-4-11-9(12)7-15-6-8(2)10(13)14/h4-5,8H,3,6-7H2,1-2H3,(H,13,14). The van der Waals surface area contributed by atoms with Crippen molar-refractivity contribution in [3.05, 3.63) is 18.2 Å². The number of aryl methyl sites for hydroxylation is 1. The average molecular weight is 228 g/mol. The predicted molar refractivity (Wildman–Crippen MR) is 60.9 cm³/mol. The first-order valence-electron chi connectivity index (χ1n) is 4.95. The van der Waals surface area contributed by atoms with Crippen LogP contribution in [-0.2, 0) is 17.1 Å². The maximum Gasteiger partial charge on any atom is 0.307 e. The molecule has 0 amide bonds. The summed E-state index contributed by atoms with van der Waals surface area (Å²) in [6, 6.07) is 0. The Morgan fingerprint density at radius 2 is 2.47 bits per heavy atom. The zero-order chi connectivity index (χ0) is 11.3. The molecule has 0 aromatic carbocycles. The van der Waals surface area contributed by atoms with E-state index in [-0.39, 0.29) is 5.92 Å². The van der Waals surface area contributed by atoms with E-state index in [2.05, 4.69) is 16.5 Å². The second-order valence-electron chi connectivity index (χ2n) is 3.38. The lowest BCUT2D eigenvalue weighted by Gasteiger charge is -2.06. The Bertz CT molecular complexity index is 325. The Hall–Kier alpha value is -0.970. The number of aromatic nitrogens is 2. The van der Waals surface area contributed by atoms with Gasteiger partial charge in [0.05, 0.1) is 11.7 Å². The number of aliphatic carboxylic acids is 1. The highest BCUT2D eigenvalue weighted by molar-refractivity contribution is 7.98. The Kier molecular flexibility index (Phi) is 4.68. The number of imidazole rings is 1. The van der Waals surface area contributed by atoms with E-state index in [1.54, 1.807) is 24.9 Å².